The van der Waals surface area contributed by atoms with E-state index < -0.39 is 11.6 Å². The van der Waals surface area contributed by atoms with E-state index in [2.05, 4.69) is 5.32 Å². The summed E-state index contributed by atoms with van der Waals surface area (Å²) in [5, 5.41) is 2.78. The number of hydrogen-bond acceptors (Lipinski definition) is 2. The molecule has 0 unspecified atom stereocenters. The number of benzene rings is 2. The summed E-state index contributed by atoms with van der Waals surface area (Å²) in [5.41, 5.74) is 1.00. The molecule has 0 bridgehead atoms. The number of anilines is 1. The lowest BCUT2D eigenvalue weighted by Crippen LogP contribution is -2.08. The van der Waals surface area contributed by atoms with Gasteiger partial charge >= 0.3 is 0 Å². The third-order valence-corrected chi connectivity index (χ3v) is 2.84. The first-order chi connectivity index (χ1) is 9.20. The SMILES string of the molecule is COc1ccc(CCNc2c(F)cccc2F)cc1. The van der Waals surface area contributed by atoms with E-state index in [0.717, 1.165) is 11.3 Å². The zero-order valence-corrected chi connectivity index (χ0v) is 10.6. The van der Waals surface area contributed by atoms with Gasteiger partial charge in [-0.2, -0.15) is 0 Å². The van der Waals surface area contributed by atoms with Crippen LogP contribution in [0.1, 0.15) is 5.56 Å². The highest BCUT2D eigenvalue weighted by atomic mass is 19.1. The van der Waals surface area contributed by atoms with Gasteiger partial charge < -0.3 is 10.1 Å². The van der Waals surface area contributed by atoms with Gasteiger partial charge in [-0.1, -0.05) is 18.2 Å². The fourth-order valence-electron chi connectivity index (χ4n) is 1.79. The Kier molecular flexibility index (Phi) is 4.34. The second-order valence-corrected chi connectivity index (χ2v) is 4.12. The van der Waals surface area contributed by atoms with Gasteiger partial charge in [-0.25, -0.2) is 8.78 Å². The van der Waals surface area contributed by atoms with Gasteiger partial charge in [0.1, 0.15) is 23.1 Å². The van der Waals surface area contributed by atoms with Crippen LogP contribution in [0.25, 0.3) is 0 Å². The third-order valence-electron chi connectivity index (χ3n) is 2.84. The molecular weight excluding hydrogens is 248 g/mol. The van der Waals surface area contributed by atoms with Crippen molar-refractivity contribution >= 4 is 5.69 Å². The van der Waals surface area contributed by atoms with Gasteiger partial charge in [-0.3, -0.25) is 0 Å². The van der Waals surface area contributed by atoms with E-state index in [1.54, 1.807) is 7.11 Å². The number of nitrogens with one attached hydrogen (secondary N) is 1. The average molecular weight is 263 g/mol. The minimum Gasteiger partial charge on any atom is -0.497 e. The Balaban J connectivity index is 1.92. The minimum atomic E-state index is -0.574. The molecule has 2 aromatic carbocycles. The summed E-state index contributed by atoms with van der Waals surface area (Å²) in [5.74, 6) is -0.360. The molecule has 0 amide bonds. The molecular formula is C15H15F2NO. The zero-order chi connectivity index (χ0) is 13.7. The van der Waals surface area contributed by atoms with E-state index in [0.29, 0.717) is 13.0 Å². The first kappa shape index (κ1) is 13.3. The van der Waals surface area contributed by atoms with Crippen molar-refractivity contribution in [2.45, 2.75) is 6.42 Å². The molecule has 0 spiro atoms. The van der Waals surface area contributed by atoms with Crippen LogP contribution in [0.3, 0.4) is 0 Å². The highest BCUT2D eigenvalue weighted by Crippen LogP contribution is 2.18. The molecule has 2 rings (SSSR count). The second-order valence-electron chi connectivity index (χ2n) is 4.12. The van der Waals surface area contributed by atoms with Crippen molar-refractivity contribution in [2.75, 3.05) is 19.0 Å². The molecule has 0 radical (unpaired) electrons. The Morgan fingerprint density at radius 1 is 1.00 bits per heavy atom. The monoisotopic (exact) mass is 263 g/mol. The molecule has 100 valence electrons. The average Bonchev–Trinajstić information content (AvgIpc) is 2.43. The summed E-state index contributed by atoms with van der Waals surface area (Å²) in [6.07, 6.45) is 0.678. The van der Waals surface area contributed by atoms with Crippen molar-refractivity contribution in [3.05, 3.63) is 59.7 Å². The largest absolute Gasteiger partial charge is 0.497 e. The highest BCUT2D eigenvalue weighted by Gasteiger charge is 2.06. The van der Waals surface area contributed by atoms with Crippen molar-refractivity contribution < 1.29 is 13.5 Å². The molecule has 4 heteroatoms. The van der Waals surface area contributed by atoms with Crippen LogP contribution in [-0.4, -0.2) is 13.7 Å². The highest BCUT2D eigenvalue weighted by molar-refractivity contribution is 5.46. The van der Waals surface area contributed by atoms with E-state index >= 15 is 0 Å². The number of para-hydroxylation sites is 1. The molecule has 0 aromatic heterocycles. The molecule has 0 atom stereocenters. The van der Waals surface area contributed by atoms with Gasteiger partial charge in [0.05, 0.1) is 7.11 Å². The molecule has 2 aromatic rings. The maximum absolute atomic E-state index is 13.4. The molecule has 0 aliphatic carbocycles. The first-order valence-electron chi connectivity index (χ1n) is 6.01. The summed E-state index contributed by atoms with van der Waals surface area (Å²) in [7, 11) is 1.61. The van der Waals surface area contributed by atoms with Crippen LogP contribution in [0.15, 0.2) is 42.5 Å². The zero-order valence-electron chi connectivity index (χ0n) is 10.6. The van der Waals surface area contributed by atoms with Crippen LogP contribution in [0.5, 0.6) is 5.75 Å². The van der Waals surface area contributed by atoms with Crippen molar-refractivity contribution in [3.63, 3.8) is 0 Å². The molecule has 0 heterocycles. The van der Waals surface area contributed by atoms with Gasteiger partial charge in [-0.05, 0) is 36.2 Å². The summed E-state index contributed by atoms with van der Waals surface area (Å²) in [6, 6.07) is 11.4. The minimum absolute atomic E-state index is 0.0731. The summed E-state index contributed by atoms with van der Waals surface area (Å²) >= 11 is 0. The van der Waals surface area contributed by atoms with Crippen LogP contribution in [0, 0.1) is 11.6 Å². The fraction of sp³-hybridized carbons (Fsp3) is 0.200. The molecule has 0 saturated carbocycles. The van der Waals surface area contributed by atoms with Crippen LogP contribution in [0.4, 0.5) is 14.5 Å². The molecule has 0 saturated heterocycles. The van der Waals surface area contributed by atoms with Crippen molar-refractivity contribution in [2.24, 2.45) is 0 Å². The van der Waals surface area contributed by atoms with Crippen molar-refractivity contribution in [1.29, 1.82) is 0 Å². The number of methoxy groups -OCH3 is 1. The Hall–Kier alpha value is -2.10. The predicted octanol–water partition coefficient (Wildman–Crippen LogP) is 3.63. The number of ether oxygens (including phenoxy) is 1. The van der Waals surface area contributed by atoms with Gasteiger partial charge in [0.15, 0.2) is 0 Å². The Morgan fingerprint density at radius 2 is 1.63 bits per heavy atom. The third kappa shape index (κ3) is 3.44. The maximum atomic E-state index is 13.4. The first-order valence-corrected chi connectivity index (χ1v) is 6.01. The van der Waals surface area contributed by atoms with Gasteiger partial charge in [0.2, 0.25) is 0 Å². The summed E-state index contributed by atoms with van der Waals surface area (Å²) < 4.78 is 31.8. The lowest BCUT2D eigenvalue weighted by Gasteiger charge is -2.09. The van der Waals surface area contributed by atoms with Gasteiger partial charge in [-0.15, -0.1) is 0 Å². The predicted molar refractivity (Wildman–Crippen MR) is 71.5 cm³/mol. The second kappa shape index (κ2) is 6.18. The Bertz CT molecular complexity index is 520. The molecule has 0 aliphatic heterocycles. The van der Waals surface area contributed by atoms with Crippen LogP contribution >= 0.6 is 0 Å². The van der Waals surface area contributed by atoms with Crippen LogP contribution in [0.2, 0.25) is 0 Å². The number of rotatable bonds is 5. The maximum Gasteiger partial charge on any atom is 0.149 e. The Morgan fingerprint density at radius 3 is 2.21 bits per heavy atom. The lowest BCUT2D eigenvalue weighted by molar-refractivity contribution is 0.414. The number of hydrogen-bond donors (Lipinski definition) is 1. The molecule has 0 fully saturated rings. The van der Waals surface area contributed by atoms with Gasteiger partial charge in [0.25, 0.3) is 0 Å². The fourth-order valence-corrected chi connectivity index (χ4v) is 1.79. The smallest absolute Gasteiger partial charge is 0.149 e. The molecule has 2 nitrogen and oxygen atoms in total. The normalized spacial score (nSPS) is 10.3. The van der Waals surface area contributed by atoms with Crippen molar-refractivity contribution in [1.82, 2.24) is 0 Å². The molecule has 1 N–H and O–H groups in total. The van der Waals surface area contributed by atoms with E-state index in [1.807, 2.05) is 24.3 Å². The lowest BCUT2D eigenvalue weighted by atomic mass is 10.1. The van der Waals surface area contributed by atoms with Crippen molar-refractivity contribution in [3.8, 4) is 5.75 Å². The van der Waals surface area contributed by atoms with E-state index in [9.17, 15) is 8.78 Å². The van der Waals surface area contributed by atoms with E-state index in [4.69, 9.17) is 4.74 Å². The van der Waals surface area contributed by atoms with Gasteiger partial charge in [0, 0.05) is 6.54 Å². The summed E-state index contributed by atoms with van der Waals surface area (Å²) in [4.78, 5) is 0. The standard InChI is InChI=1S/C15H15F2NO/c1-19-12-7-5-11(6-8-12)9-10-18-15-13(16)3-2-4-14(15)17/h2-8,18H,9-10H2,1H3. The van der Waals surface area contributed by atoms with Crippen LogP contribution in [-0.2, 0) is 6.42 Å². The molecule has 0 aliphatic rings. The van der Waals surface area contributed by atoms with E-state index in [1.165, 1.54) is 18.2 Å². The van der Waals surface area contributed by atoms with Crippen LogP contribution < -0.4 is 10.1 Å². The Labute approximate surface area is 111 Å². The summed E-state index contributed by atoms with van der Waals surface area (Å²) in [6.45, 7) is 0.462. The quantitative estimate of drug-likeness (QED) is 0.889. The topological polar surface area (TPSA) is 21.3 Å². The van der Waals surface area contributed by atoms with E-state index in [-0.39, 0.29) is 5.69 Å². The number of halogens is 2. The molecule has 19 heavy (non-hydrogen) atoms.